The van der Waals surface area contributed by atoms with Crippen LogP contribution in [0.25, 0.3) is 0 Å². The average molecular weight is 391 g/mol. The van der Waals surface area contributed by atoms with Gasteiger partial charge in [-0.15, -0.1) is 0 Å². The van der Waals surface area contributed by atoms with Crippen molar-refractivity contribution in [2.75, 3.05) is 11.9 Å². The molecule has 4 nitrogen and oxygen atoms in total. The number of aliphatic hydroxyl groups excluding tert-OH is 1. The molecule has 0 aromatic heterocycles. The van der Waals surface area contributed by atoms with Gasteiger partial charge in [-0.25, -0.2) is 0 Å². The number of anilines is 1. The summed E-state index contributed by atoms with van der Waals surface area (Å²) in [5.74, 6) is -0.272. The molecule has 4 rings (SSSR count). The second-order valence-electron chi connectivity index (χ2n) is 6.70. The van der Waals surface area contributed by atoms with Crippen molar-refractivity contribution in [3.05, 3.63) is 101 Å². The molecule has 1 aliphatic rings. The van der Waals surface area contributed by atoms with E-state index in [1.54, 1.807) is 30.1 Å². The molecule has 0 aliphatic carbocycles. The highest BCUT2D eigenvalue weighted by atomic mass is 35.5. The van der Waals surface area contributed by atoms with Crippen LogP contribution in [0.5, 0.6) is 0 Å². The first-order valence-electron chi connectivity index (χ1n) is 9.00. The Labute approximate surface area is 168 Å². The van der Waals surface area contributed by atoms with Crippen molar-refractivity contribution in [2.24, 2.45) is 4.99 Å². The number of hydrogen-bond acceptors (Lipinski definition) is 3. The first-order valence-corrected chi connectivity index (χ1v) is 9.38. The number of carbonyl (C=O) groups is 1. The molecule has 2 atom stereocenters. The Morgan fingerprint density at radius 1 is 1.00 bits per heavy atom. The van der Waals surface area contributed by atoms with E-state index in [0.717, 1.165) is 11.1 Å². The van der Waals surface area contributed by atoms with Crippen LogP contribution in [0.3, 0.4) is 0 Å². The Morgan fingerprint density at radius 2 is 1.64 bits per heavy atom. The molecule has 2 unspecified atom stereocenters. The molecule has 3 aromatic rings. The lowest BCUT2D eigenvalue weighted by Gasteiger charge is -2.23. The molecule has 28 heavy (non-hydrogen) atoms. The third-order valence-corrected chi connectivity index (χ3v) is 5.15. The van der Waals surface area contributed by atoms with Crippen LogP contribution < -0.4 is 4.90 Å². The van der Waals surface area contributed by atoms with Crippen LogP contribution in [0.15, 0.2) is 83.9 Å². The minimum Gasteiger partial charge on any atom is -0.386 e. The fourth-order valence-corrected chi connectivity index (χ4v) is 3.61. The minimum absolute atomic E-state index is 0.272. The highest BCUT2D eigenvalue weighted by Gasteiger charge is 2.35. The van der Waals surface area contributed by atoms with E-state index in [4.69, 9.17) is 16.6 Å². The van der Waals surface area contributed by atoms with Gasteiger partial charge in [-0.1, -0.05) is 72.3 Å². The van der Waals surface area contributed by atoms with Gasteiger partial charge >= 0.3 is 0 Å². The summed E-state index contributed by atoms with van der Waals surface area (Å²) in [6.07, 6.45) is -1.06. The zero-order chi connectivity index (χ0) is 19.7. The number of fused-ring (bicyclic) bond motifs is 1. The van der Waals surface area contributed by atoms with E-state index >= 15 is 0 Å². The molecule has 0 bridgehead atoms. The number of benzene rings is 3. The minimum atomic E-state index is -1.06. The van der Waals surface area contributed by atoms with Gasteiger partial charge in [0.2, 0.25) is 0 Å². The molecule has 0 saturated heterocycles. The van der Waals surface area contributed by atoms with Gasteiger partial charge in [-0.05, 0) is 23.8 Å². The second-order valence-corrected chi connectivity index (χ2v) is 7.14. The van der Waals surface area contributed by atoms with Crippen molar-refractivity contribution < 1.29 is 9.90 Å². The molecule has 0 fully saturated rings. The Hall–Kier alpha value is -2.95. The predicted octanol–water partition coefficient (Wildman–Crippen LogP) is 4.26. The monoisotopic (exact) mass is 390 g/mol. The van der Waals surface area contributed by atoms with E-state index in [9.17, 15) is 9.90 Å². The summed E-state index contributed by atoms with van der Waals surface area (Å²) in [5, 5.41) is 11.5. The number of rotatable bonds is 3. The number of halogens is 1. The molecule has 1 aliphatic heterocycles. The van der Waals surface area contributed by atoms with Crippen molar-refractivity contribution in [3.63, 3.8) is 0 Å². The van der Waals surface area contributed by atoms with Gasteiger partial charge in [-0.3, -0.25) is 9.79 Å². The fourth-order valence-electron chi connectivity index (χ4n) is 3.44. The quantitative estimate of drug-likeness (QED) is 0.726. The molecule has 0 radical (unpaired) electrons. The van der Waals surface area contributed by atoms with E-state index < -0.39 is 12.1 Å². The van der Waals surface area contributed by atoms with Gasteiger partial charge in [0.15, 0.2) is 6.04 Å². The molecule has 3 aromatic carbocycles. The van der Waals surface area contributed by atoms with Gasteiger partial charge in [0.05, 0.1) is 11.4 Å². The third-order valence-electron chi connectivity index (χ3n) is 4.91. The van der Waals surface area contributed by atoms with Crippen LogP contribution >= 0.6 is 11.6 Å². The first-order chi connectivity index (χ1) is 13.6. The normalized spacial score (nSPS) is 17.5. The van der Waals surface area contributed by atoms with Crippen LogP contribution in [0, 0.1) is 0 Å². The van der Waals surface area contributed by atoms with Crippen LogP contribution in [0.4, 0.5) is 5.69 Å². The zero-order valence-electron chi connectivity index (χ0n) is 15.3. The molecule has 0 saturated carbocycles. The molecular weight excluding hydrogens is 372 g/mol. The number of amides is 1. The number of aliphatic hydroxyl groups is 1. The van der Waals surface area contributed by atoms with E-state index in [2.05, 4.69) is 0 Å². The summed E-state index contributed by atoms with van der Waals surface area (Å²) in [6, 6.07) is 23.2. The van der Waals surface area contributed by atoms with Crippen molar-refractivity contribution in [1.29, 1.82) is 0 Å². The predicted molar refractivity (Wildman–Crippen MR) is 112 cm³/mol. The summed E-state index contributed by atoms with van der Waals surface area (Å²) >= 11 is 6.25. The molecule has 1 N–H and O–H groups in total. The van der Waals surface area contributed by atoms with Crippen molar-refractivity contribution in [3.8, 4) is 0 Å². The Kier molecular flexibility index (Phi) is 4.99. The Morgan fingerprint density at radius 3 is 2.32 bits per heavy atom. The maximum atomic E-state index is 13.2. The van der Waals surface area contributed by atoms with Crippen molar-refractivity contribution in [2.45, 2.75) is 12.1 Å². The SMILES string of the molecule is CN1C(=O)C(C(O)c2ccccc2)N=C(c2ccccc2)c2cc(Cl)ccc21. The van der Waals surface area contributed by atoms with E-state index in [1.807, 2.05) is 60.7 Å². The number of aliphatic imine (C=N–C) groups is 1. The van der Waals surface area contributed by atoms with Gasteiger partial charge in [0.1, 0.15) is 6.10 Å². The number of hydrogen-bond donors (Lipinski definition) is 1. The van der Waals surface area contributed by atoms with Crippen LogP contribution in [0.1, 0.15) is 22.8 Å². The number of carbonyl (C=O) groups excluding carboxylic acids is 1. The van der Waals surface area contributed by atoms with Crippen LogP contribution in [-0.2, 0) is 4.79 Å². The van der Waals surface area contributed by atoms with Crippen molar-refractivity contribution in [1.82, 2.24) is 0 Å². The van der Waals surface area contributed by atoms with Gasteiger partial charge in [-0.2, -0.15) is 0 Å². The maximum absolute atomic E-state index is 13.2. The standard InChI is InChI=1S/C23H19ClN2O2/c1-26-19-13-12-17(24)14-18(19)20(15-8-4-2-5-9-15)25-21(23(26)28)22(27)16-10-6-3-7-11-16/h2-14,21-22,27H,1H3. The lowest BCUT2D eigenvalue weighted by molar-refractivity contribution is -0.121. The van der Waals surface area contributed by atoms with Crippen LogP contribution in [-0.4, -0.2) is 29.8 Å². The summed E-state index contributed by atoms with van der Waals surface area (Å²) < 4.78 is 0. The zero-order valence-corrected chi connectivity index (χ0v) is 16.0. The largest absolute Gasteiger partial charge is 0.386 e. The summed E-state index contributed by atoms with van der Waals surface area (Å²) in [4.78, 5) is 19.5. The van der Waals surface area contributed by atoms with E-state index in [0.29, 0.717) is 22.0 Å². The average Bonchev–Trinajstić information content (AvgIpc) is 2.84. The number of likely N-dealkylation sites (N-methyl/N-ethyl adjacent to an activating group) is 1. The second kappa shape index (κ2) is 7.58. The maximum Gasteiger partial charge on any atom is 0.254 e. The van der Waals surface area contributed by atoms with Gasteiger partial charge in [0.25, 0.3) is 5.91 Å². The molecule has 140 valence electrons. The fraction of sp³-hybridized carbons (Fsp3) is 0.130. The highest BCUT2D eigenvalue weighted by molar-refractivity contribution is 6.32. The van der Waals surface area contributed by atoms with Crippen molar-refractivity contribution >= 4 is 28.9 Å². The molecule has 0 spiro atoms. The van der Waals surface area contributed by atoms with Gasteiger partial charge in [0, 0.05) is 23.2 Å². The molecule has 1 amide bonds. The molecule has 5 heteroatoms. The lowest BCUT2D eigenvalue weighted by atomic mass is 9.99. The number of nitrogens with zero attached hydrogens (tertiary/aromatic N) is 2. The molecular formula is C23H19ClN2O2. The number of benzodiazepines with no additional fused rings is 1. The topological polar surface area (TPSA) is 52.9 Å². The summed E-state index contributed by atoms with van der Waals surface area (Å²) in [7, 11) is 1.70. The smallest absolute Gasteiger partial charge is 0.254 e. The summed E-state index contributed by atoms with van der Waals surface area (Å²) in [5.41, 5.74) is 3.61. The first kappa shape index (κ1) is 18.4. The van der Waals surface area contributed by atoms with E-state index in [1.165, 1.54) is 0 Å². The Balaban J connectivity index is 1.92. The Bertz CT molecular complexity index is 1030. The summed E-state index contributed by atoms with van der Waals surface area (Å²) in [6.45, 7) is 0. The van der Waals surface area contributed by atoms with Crippen LogP contribution in [0.2, 0.25) is 5.02 Å². The lowest BCUT2D eigenvalue weighted by Crippen LogP contribution is -2.38. The van der Waals surface area contributed by atoms with Gasteiger partial charge < -0.3 is 10.0 Å². The van der Waals surface area contributed by atoms with E-state index in [-0.39, 0.29) is 5.91 Å². The molecule has 1 heterocycles. The highest BCUT2D eigenvalue weighted by Crippen LogP contribution is 2.33. The third kappa shape index (κ3) is 3.33.